The number of aryl methyl sites for hydroxylation is 1. The SMILES string of the molecule is CCC(C)N(CC(=O)O)C(=O)CCc1ccc(F)c(F)c1. The van der Waals surface area contributed by atoms with E-state index in [1.54, 1.807) is 6.92 Å². The number of nitrogens with zero attached hydrogens (tertiary/aromatic N) is 1. The Balaban J connectivity index is 2.68. The van der Waals surface area contributed by atoms with Gasteiger partial charge in [0.25, 0.3) is 0 Å². The number of halogens is 2. The first-order valence-electron chi connectivity index (χ1n) is 6.80. The fraction of sp³-hybridized carbons (Fsp3) is 0.467. The lowest BCUT2D eigenvalue weighted by molar-refractivity contribution is -0.146. The Hall–Kier alpha value is -1.98. The first-order valence-corrected chi connectivity index (χ1v) is 6.80. The first-order chi connectivity index (χ1) is 9.85. The van der Waals surface area contributed by atoms with Crippen LogP contribution in [-0.2, 0) is 16.0 Å². The summed E-state index contributed by atoms with van der Waals surface area (Å²) in [6.07, 6.45) is 0.940. The van der Waals surface area contributed by atoms with Gasteiger partial charge in [0.1, 0.15) is 6.54 Å². The number of rotatable bonds is 7. The fourth-order valence-electron chi connectivity index (χ4n) is 1.95. The third kappa shape index (κ3) is 5.13. The second kappa shape index (κ2) is 7.71. The predicted molar refractivity (Wildman–Crippen MR) is 73.8 cm³/mol. The molecule has 0 aromatic heterocycles. The van der Waals surface area contributed by atoms with Crippen molar-refractivity contribution in [3.05, 3.63) is 35.4 Å². The van der Waals surface area contributed by atoms with E-state index >= 15 is 0 Å². The van der Waals surface area contributed by atoms with E-state index in [4.69, 9.17) is 5.11 Å². The Morgan fingerprint density at radius 1 is 1.29 bits per heavy atom. The van der Waals surface area contributed by atoms with Crippen LogP contribution in [0.15, 0.2) is 18.2 Å². The van der Waals surface area contributed by atoms with Crippen LogP contribution in [0.2, 0.25) is 0 Å². The zero-order chi connectivity index (χ0) is 16.0. The molecule has 1 aromatic carbocycles. The molecule has 1 N–H and O–H groups in total. The smallest absolute Gasteiger partial charge is 0.323 e. The van der Waals surface area contributed by atoms with Crippen molar-refractivity contribution < 1.29 is 23.5 Å². The van der Waals surface area contributed by atoms with Gasteiger partial charge in [-0.05, 0) is 37.5 Å². The average Bonchev–Trinajstić information content (AvgIpc) is 2.44. The molecular formula is C15H19F2NO3. The van der Waals surface area contributed by atoms with Crippen molar-refractivity contribution in [1.82, 2.24) is 4.90 Å². The van der Waals surface area contributed by atoms with Crippen LogP contribution in [0.3, 0.4) is 0 Å². The molecule has 1 amide bonds. The fourth-order valence-corrected chi connectivity index (χ4v) is 1.95. The van der Waals surface area contributed by atoms with Crippen LogP contribution >= 0.6 is 0 Å². The largest absolute Gasteiger partial charge is 0.480 e. The normalized spacial score (nSPS) is 12.0. The highest BCUT2D eigenvalue weighted by Crippen LogP contribution is 2.12. The quantitative estimate of drug-likeness (QED) is 0.842. The van der Waals surface area contributed by atoms with Crippen LogP contribution < -0.4 is 0 Å². The highest BCUT2D eigenvalue weighted by molar-refractivity contribution is 5.81. The molecule has 1 unspecified atom stereocenters. The maximum Gasteiger partial charge on any atom is 0.323 e. The summed E-state index contributed by atoms with van der Waals surface area (Å²) in [6.45, 7) is 3.28. The van der Waals surface area contributed by atoms with E-state index in [1.165, 1.54) is 11.0 Å². The van der Waals surface area contributed by atoms with Crippen molar-refractivity contribution >= 4 is 11.9 Å². The Kier molecular flexibility index (Phi) is 6.27. The Morgan fingerprint density at radius 3 is 2.48 bits per heavy atom. The van der Waals surface area contributed by atoms with Crippen molar-refractivity contribution in [2.45, 2.75) is 39.2 Å². The van der Waals surface area contributed by atoms with Gasteiger partial charge in [-0.2, -0.15) is 0 Å². The van der Waals surface area contributed by atoms with Gasteiger partial charge in [0.15, 0.2) is 11.6 Å². The second-order valence-electron chi connectivity index (χ2n) is 4.92. The summed E-state index contributed by atoms with van der Waals surface area (Å²) < 4.78 is 25.9. The number of aliphatic carboxylic acids is 1. The molecule has 0 saturated carbocycles. The molecule has 0 radical (unpaired) electrons. The number of benzene rings is 1. The second-order valence-corrected chi connectivity index (χ2v) is 4.92. The summed E-state index contributed by atoms with van der Waals surface area (Å²) in [4.78, 5) is 24.2. The maximum atomic E-state index is 13.1. The minimum Gasteiger partial charge on any atom is -0.480 e. The molecule has 1 aromatic rings. The van der Waals surface area contributed by atoms with Crippen LogP contribution in [0.25, 0.3) is 0 Å². The van der Waals surface area contributed by atoms with E-state index in [2.05, 4.69) is 0 Å². The minimum absolute atomic E-state index is 0.0582. The molecule has 21 heavy (non-hydrogen) atoms. The number of carboxylic acids is 1. The van der Waals surface area contributed by atoms with Gasteiger partial charge in [-0.3, -0.25) is 9.59 Å². The van der Waals surface area contributed by atoms with Gasteiger partial charge >= 0.3 is 5.97 Å². The van der Waals surface area contributed by atoms with Gasteiger partial charge in [0.05, 0.1) is 0 Å². The highest BCUT2D eigenvalue weighted by Gasteiger charge is 2.21. The third-order valence-electron chi connectivity index (χ3n) is 3.36. The van der Waals surface area contributed by atoms with Gasteiger partial charge in [-0.1, -0.05) is 13.0 Å². The molecular weight excluding hydrogens is 280 g/mol. The minimum atomic E-state index is -1.07. The van der Waals surface area contributed by atoms with Crippen molar-refractivity contribution in [2.24, 2.45) is 0 Å². The monoisotopic (exact) mass is 299 g/mol. The van der Waals surface area contributed by atoms with E-state index in [9.17, 15) is 18.4 Å². The first kappa shape index (κ1) is 17.1. The Morgan fingerprint density at radius 2 is 1.95 bits per heavy atom. The standard InChI is InChI=1S/C15H19F2NO3/c1-3-10(2)18(9-15(20)21)14(19)7-5-11-4-6-12(16)13(17)8-11/h4,6,8,10H,3,5,7,9H2,1-2H3,(H,20,21). The maximum absolute atomic E-state index is 13.1. The van der Waals surface area contributed by atoms with Crippen LogP contribution in [0.1, 0.15) is 32.3 Å². The molecule has 0 fully saturated rings. The highest BCUT2D eigenvalue weighted by atomic mass is 19.2. The van der Waals surface area contributed by atoms with E-state index in [0.29, 0.717) is 12.0 Å². The molecule has 0 aliphatic rings. The van der Waals surface area contributed by atoms with E-state index < -0.39 is 17.6 Å². The molecule has 116 valence electrons. The van der Waals surface area contributed by atoms with Gasteiger partial charge in [-0.15, -0.1) is 0 Å². The summed E-state index contributed by atoms with van der Waals surface area (Å²) >= 11 is 0. The molecule has 1 atom stereocenters. The topological polar surface area (TPSA) is 57.6 Å². The van der Waals surface area contributed by atoms with E-state index in [-0.39, 0.29) is 31.3 Å². The summed E-state index contributed by atoms with van der Waals surface area (Å²) in [6, 6.07) is 3.29. The number of carbonyl (C=O) groups excluding carboxylic acids is 1. The molecule has 0 bridgehead atoms. The molecule has 0 aliphatic carbocycles. The van der Waals surface area contributed by atoms with Crippen LogP contribution in [0.5, 0.6) is 0 Å². The third-order valence-corrected chi connectivity index (χ3v) is 3.36. The van der Waals surface area contributed by atoms with Crippen LogP contribution in [-0.4, -0.2) is 34.5 Å². The van der Waals surface area contributed by atoms with Crippen LogP contribution in [0.4, 0.5) is 8.78 Å². The van der Waals surface area contributed by atoms with Crippen molar-refractivity contribution in [2.75, 3.05) is 6.54 Å². The van der Waals surface area contributed by atoms with Gasteiger partial charge < -0.3 is 10.0 Å². The zero-order valence-electron chi connectivity index (χ0n) is 12.1. The lowest BCUT2D eigenvalue weighted by Gasteiger charge is -2.27. The average molecular weight is 299 g/mol. The zero-order valence-corrected chi connectivity index (χ0v) is 12.1. The summed E-state index contributed by atoms with van der Waals surface area (Å²) in [5.74, 6) is -3.27. The molecule has 1 rings (SSSR count). The van der Waals surface area contributed by atoms with Crippen LogP contribution in [0, 0.1) is 11.6 Å². The summed E-state index contributed by atoms with van der Waals surface area (Å²) in [5.41, 5.74) is 0.502. The molecule has 0 heterocycles. The molecule has 4 nitrogen and oxygen atoms in total. The molecule has 0 saturated heterocycles. The van der Waals surface area contributed by atoms with Gasteiger partial charge in [0, 0.05) is 12.5 Å². The number of amides is 1. The van der Waals surface area contributed by atoms with Crippen molar-refractivity contribution in [3.63, 3.8) is 0 Å². The number of carbonyl (C=O) groups is 2. The predicted octanol–water partition coefficient (Wildman–Crippen LogP) is 2.61. The Labute approximate surface area is 122 Å². The van der Waals surface area contributed by atoms with E-state index in [1.807, 2.05) is 6.92 Å². The Bertz CT molecular complexity index is 520. The van der Waals surface area contributed by atoms with Crippen molar-refractivity contribution in [1.29, 1.82) is 0 Å². The number of hydrogen-bond acceptors (Lipinski definition) is 2. The van der Waals surface area contributed by atoms with Gasteiger partial charge in [0.2, 0.25) is 5.91 Å². The number of carboxylic acid groups (broad SMARTS) is 1. The van der Waals surface area contributed by atoms with Crippen molar-refractivity contribution in [3.8, 4) is 0 Å². The summed E-state index contributed by atoms with van der Waals surface area (Å²) in [5, 5.41) is 8.84. The molecule has 0 spiro atoms. The molecule has 0 aliphatic heterocycles. The molecule has 6 heteroatoms. The van der Waals surface area contributed by atoms with E-state index in [0.717, 1.165) is 12.1 Å². The number of hydrogen-bond donors (Lipinski definition) is 1. The summed E-state index contributed by atoms with van der Waals surface area (Å²) in [7, 11) is 0. The van der Waals surface area contributed by atoms with Gasteiger partial charge in [-0.25, -0.2) is 8.78 Å². The lowest BCUT2D eigenvalue weighted by Crippen LogP contribution is -2.41. The lowest BCUT2D eigenvalue weighted by atomic mass is 10.1.